The van der Waals surface area contributed by atoms with E-state index in [1.54, 1.807) is 25.3 Å². The number of hydrogen-bond acceptors (Lipinski definition) is 3. The van der Waals surface area contributed by atoms with Crippen LogP contribution in [0.25, 0.3) is 0 Å². The number of anilines is 1. The number of rotatable bonds is 6. The van der Waals surface area contributed by atoms with Crippen LogP contribution in [0.5, 0.6) is 5.75 Å². The Morgan fingerprint density at radius 3 is 3.11 bits per heavy atom. The van der Waals surface area contributed by atoms with E-state index in [1.807, 2.05) is 12.1 Å². The Morgan fingerprint density at radius 1 is 1.56 bits per heavy atom. The van der Waals surface area contributed by atoms with E-state index >= 15 is 0 Å². The molecule has 1 aromatic rings. The van der Waals surface area contributed by atoms with Crippen molar-refractivity contribution in [3.63, 3.8) is 0 Å². The summed E-state index contributed by atoms with van der Waals surface area (Å²) in [5, 5.41) is 5.57. The molecule has 2 N–H and O–H groups in total. The largest absolute Gasteiger partial charge is 0.484 e. The van der Waals surface area contributed by atoms with Crippen LogP contribution in [0.4, 0.5) is 5.69 Å². The molecule has 0 aromatic heterocycles. The molecular formula is C14H16N2O2. The van der Waals surface area contributed by atoms with Gasteiger partial charge < -0.3 is 15.4 Å². The fraction of sp³-hybridized carbons (Fsp3) is 0.214. The second kappa shape index (κ2) is 7.80. The van der Waals surface area contributed by atoms with Crippen molar-refractivity contribution in [1.29, 1.82) is 0 Å². The standard InChI is InChI=1S/C14H16N2O2/c1-3-5-9-16-14(17)11-18-13-8-6-7-12(10-13)15-4-2/h4,6-8,10,15H,2,9,11H2,1H3,(H,16,17). The van der Waals surface area contributed by atoms with Crippen LogP contribution >= 0.6 is 0 Å². The van der Waals surface area contributed by atoms with Crippen molar-refractivity contribution in [2.24, 2.45) is 0 Å². The number of hydrogen-bond donors (Lipinski definition) is 2. The van der Waals surface area contributed by atoms with Crippen LogP contribution in [0.1, 0.15) is 6.92 Å². The van der Waals surface area contributed by atoms with Crippen molar-refractivity contribution in [3.8, 4) is 17.6 Å². The number of ether oxygens (including phenoxy) is 1. The highest BCUT2D eigenvalue weighted by molar-refractivity contribution is 5.77. The van der Waals surface area contributed by atoms with Gasteiger partial charge in [0.15, 0.2) is 6.61 Å². The maximum atomic E-state index is 11.4. The first-order valence-electron chi connectivity index (χ1n) is 5.53. The molecule has 0 spiro atoms. The lowest BCUT2D eigenvalue weighted by molar-refractivity contribution is -0.122. The number of carbonyl (C=O) groups is 1. The summed E-state index contributed by atoms with van der Waals surface area (Å²) >= 11 is 0. The van der Waals surface area contributed by atoms with E-state index in [4.69, 9.17) is 4.74 Å². The lowest BCUT2D eigenvalue weighted by Crippen LogP contribution is -2.29. The van der Waals surface area contributed by atoms with E-state index in [9.17, 15) is 4.79 Å². The van der Waals surface area contributed by atoms with E-state index in [0.29, 0.717) is 12.3 Å². The fourth-order valence-electron chi connectivity index (χ4n) is 1.22. The van der Waals surface area contributed by atoms with Gasteiger partial charge in [0, 0.05) is 11.8 Å². The van der Waals surface area contributed by atoms with Crippen LogP contribution in [0.2, 0.25) is 0 Å². The van der Waals surface area contributed by atoms with Crippen molar-refractivity contribution in [1.82, 2.24) is 5.32 Å². The monoisotopic (exact) mass is 244 g/mol. The molecule has 1 rings (SSSR count). The molecular weight excluding hydrogens is 228 g/mol. The summed E-state index contributed by atoms with van der Waals surface area (Å²) in [5.41, 5.74) is 0.861. The van der Waals surface area contributed by atoms with Crippen molar-refractivity contribution in [3.05, 3.63) is 37.0 Å². The third-order valence-electron chi connectivity index (χ3n) is 2.02. The van der Waals surface area contributed by atoms with Gasteiger partial charge in [0.05, 0.1) is 6.54 Å². The molecule has 0 saturated carbocycles. The van der Waals surface area contributed by atoms with Gasteiger partial charge in [-0.1, -0.05) is 18.6 Å². The van der Waals surface area contributed by atoms with Gasteiger partial charge in [-0.15, -0.1) is 5.92 Å². The van der Waals surface area contributed by atoms with Crippen LogP contribution in [-0.4, -0.2) is 19.1 Å². The minimum atomic E-state index is -0.195. The second-order valence-electron chi connectivity index (χ2n) is 3.37. The number of benzene rings is 1. The molecule has 1 aromatic carbocycles. The van der Waals surface area contributed by atoms with Crippen molar-refractivity contribution in [2.45, 2.75) is 6.92 Å². The van der Waals surface area contributed by atoms with E-state index in [0.717, 1.165) is 5.69 Å². The molecule has 0 aliphatic rings. The third-order valence-corrected chi connectivity index (χ3v) is 2.02. The van der Waals surface area contributed by atoms with Gasteiger partial charge in [-0.05, 0) is 25.3 Å². The Hall–Kier alpha value is -2.41. The Morgan fingerprint density at radius 2 is 2.39 bits per heavy atom. The zero-order chi connectivity index (χ0) is 13.2. The number of nitrogens with one attached hydrogen (secondary N) is 2. The molecule has 0 aliphatic carbocycles. The second-order valence-corrected chi connectivity index (χ2v) is 3.37. The molecule has 0 aliphatic heterocycles. The summed E-state index contributed by atoms with van der Waals surface area (Å²) < 4.78 is 5.35. The molecule has 18 heavy (non-hydrogen) atoms. The summed E-state index contributed by atoms with van der Waals surface area (Å²) in [4.78, 5) is 11.4. The Kier molecular flexibility index (Phi) is 5.91. The highest BCUT2D eigenvalue weighted by Crippen LogP contribution is 2.16. The molecule has 4 heteroatoms. The fourth-order valence-corrected chi connectivity index (χ4v) is 1.22. The van der Waals surface area contributed by atoms with Gasteiger partial charge >= 0.3 is 0 Å². The van der Waals surface area contributed by atoms with E-state index in [-0.39, 0.29) is 12.5 Å². The highest BCUT2D eigenvalue weighted by atomic mass is 16.5. The average Bonchev–Trinajstić information content (AvgIpc) is 2.38. The first kappa shape index (κ1) is 13.7. The summed E-state index contributed by atoms with van der Waals surface area (Å²) in [5.74, 6) is 5.87. The molecule has 0 heterocycles. The molecule has 0 fully saturated rings. The van der Waals surface area contributed by atoms with E-state index < -0.39 is 0 Å². The number of amides is 1. The van der Waals surface area contributed by atoms with Gasteiger partial charge in [0.25, 0.3) is 5.91 Å². The summed E-state index contributed by atoms with van der Waals surface area (Å²) in [6, 6.07) is 7.29. The zero-order valence-electron chi connectivity index (χ0n) is 10.3. The Bertz CT molecular complexity index is 472. The maximum Gasteiger partial charge on any atom is 0.258 e. The maximum absolute atomic E-state index is 11.4. The predicted octanol–water partition coefficient (Wildman–Crippen LogP) is 1.76. The van der Waals surface area contributed by atoms with E-state index in [1.165, 1.54) is 0 Å². The smallest absolute Gasteiger partial charge is 0.258 e. The molecule has 0 unspecified atom stereocenters. The lowest BCUT2D eigenvalue weighted by Gasteiger charge is -2.07. The van der Waals surface area contributed by atoms with Crippen LogP contribution in [-0.2, 0) is 4.79 Å². The molecule has 0 radical (unpaired) electrons. The normalized spacial score (nSPS) is 8.72. The van der Waals surface area contributed by atoms with Crippen molar-refractivity contribution in [2.75, 3.05) is 18.5 Å². The Balaban J connectivity index is 2.41. The SMILES string of the molecule is C=CNc1cccc(OCC(=O)NCC#CC)c1. The topological polar surface area (TPSA) is 50.4 Å². The van der Waals surface area contributed by atoms with Crippen molar-refractivity contribution >= 4 is 11.6 Å². The predicted molar refractivity (Wildman–Crippen MR) is 72.2 cm³/mol. The molecule has 0 atom stereocenters. The quantitative estimate of drug-likeness (QED) is 0.750. The summed E-state index contributed by atoms with van der Waals surface area (Å²) in [7, 11) is 0. The third kappa shape index (κ3) is 5.08. The van der Waals surface area contributed by atoms with Gasteiger partial charge in [0.1, 0.15) is 5.75 Å². The average molecular weight is 244 g/mol. The molecule has 1 amide bonds. The first-order chi connectivity index (χ1) is 8.76. The van der Waals surface area contributed by atoms with E-state index in [2.05, 4.69) is 29.1 Å². The van der Waals surface area contributed by atoms with Gasteiger partial charge in [-0.25, -0.2) is 0 Å². The lowest BCUT2D eigenvalue weighted by atomic mass is 10.3. The summed E-state index contributed by atoms with van der Waals surface area (Å²) in [6.07, 6.45) is 1.58. The number of carbonyl (C=O) groups excluding carboxylic acids is 1. The Labute approximate surface area is 107 Å². The minimum Gasteiger partial charge on any atom is -0.484 e. The van der Waals surface area contributed by atoms with Crippen LogP contribution in [0, 0.1) is 11.8 Å². The van der Waals surface area contributed by atoms with Gasteiger partial charge in [-0.3, -0.25) is 4.79 Å². The summed E-state index contributed by atoms with van der Waals surface area (Å²) in [6.45, 7) is 5.61. The molecule has 0 saturated heterocycles. The van der Waals surface area contributed by atoms with Crippen LogP contribution < -0.4 is 15.4 Å². The van der Waals surface area contributed by atoms with Gasteiger partial charge in [0.2, 0.25) is 0 Å². The van der Waals surface area contributed by atoms with Crippen LogP contribution in [0.3, 0.4) is 0 Å². The highest BCUT2D eigenvalue weighted by Gasteiger charge is 2.01. The van der Waals surface area contributed by atoms with Crippen LogP contribution in [0.15, 0.2) is 37.0 Å². The molecule has 0 bridgehead atoms. The minimum absolute atomic E-state index is 0.0249. The molecule has 4 nitrogen and oxygen atoms in total. The van der Waals surface area contributed by atoms with Gasteiger partial charge in [-0.2, -0.15) is 0 Å². The van der Waals surface area contributed by atoms with Crippen molar-refractivity contribution < 1.29 is 9.53 Å². The first-order valence-corrected chi connectivity index (χ1v) is 5.53. The zero-order valence-corrected chi connectivity index (χ0v) is 10.3. The molecule has 94 valence electrons.